The molecule has 0 bridgehead atoms. The highest BCUT2D eigenvalue weighted by atomic mass is 16.5. The molecule has 0 heterocycles. The molecule has 17 heavy (non-hydrogen) atoms. The lowest BCUT2D eigenvalue weighted by Crippen LogP contribution is -2.41. The monoisotopic (exact) mass is 242 g/mol. The molecule has 2 N–H and O–H groups in total. The standard InChI is InChI=1S/C14H30N2O/c1-4-13(5-2)16(10-11-17-3)12-14(6-7-14)8-9-15/h13H,4-12,15H2,1-3H3. The van der Waals surface area contributed by atoms with Gasteiger partial charge >= 0.3 is 0 Å². The average Bonchev–Trinajstić information content (AvgIpc) is 3.07. The van der Waals surface area contributed by atoms with Crippen LogP contribution in [0, 0.1) is 5.41 Å². The molecule has 0 atom stereocenters. The van der Waals surface area contributed by atoms with E-state index in [2.05, 4.69) is 18.7 Å². The second kappa shape index (κ2) is 7.34. The highest BCUT2D eigenvalue weighted by Crippen LogP contribution is 2.49. The Morgan fingerprint density at radius 2 is 1.94 bits per heavy atom. The summed E-state index contributed by atoms with van der Waals surface area (Å²) < 4.78 is 5.24. The number of hydrogen-bond acceptors (Lipinski definition) is 3. The predicted molar refractivity (Wildman–Crippen MR) is 73.2 cm³/mol. The van der Waals surface area contributed by atoms with Gasteiger partial charge < -0.3 is 10.5 Å². The zero-order valence-corrected chi connectivity index (χ0v) is 11.9. The van der Waals surface area contributed by atoms with Crippen LogP contribution >= 0.6 is 0 Å². The number of hydrogen-bond donors (Lipinski definition) is 1. The van der Waals surface area contributed by atoms with Crippen LogP contribution in [-0.2, 0) is 4.74 Å². The molecule has 1 aliphatic carbocycles. The van der Waals surface area contributed by atoms with Gasteiger partial charge in [0.15, 0.2) is 0 Å². The van der Waals surface area contributed by atoms with Gasteiger partial charge in [-0.3, -0.25) is 4.90 Å². The summed E-state index contributed by atoms with van der Waals surface area (Å²) in [4.78, 5) is 2.63. The number of rotatable bonds is 10. The van der Waals surface area contributed by atoms with Crippen molar-refractivity contribution in [2.24, 2.45) is 11.1 Å². The summed E-state index contributed by atoms with van der Waals surface area (Å²) in [6.07, 6.45) is 6.40. The summed E-state index contributed by atoms with van der Waals surface area (Å²) in [6.45, 7) is 8.54. The molecule has 0 spiro atoms. The Bertz CT molecular complexity index is 200. The summed E-state index contributed by atoms with van der Waals surface area (Å²) in [5.74, 6) is 0. The SMILES string of the molecule is CCC(CC)N(CCOC)CC1(CCN)CC1. The molecule has 0 amide bonds. The van der Waals surface area contributed by atoms with Crippen molar-refractivity contribution in [3.8, 4) is 0 Å². The van der Waals surface area contributed by atoms with Gasteiger partial charge in [0.25, 0.3) is 0 Å². The molecule has 0 radical (unpaired) electrons. The number of ether oxygens (including phenoxy) is 1. The van der Waals surface area contributed by atoms with Crippen LogP contribution in [-0.4, -0.2) is 44.3 Å². The van der Waals surface area contributed by atoms with Gasteiger partial charge in [0, 0.05) is 26.2 Å². The third-order valence-corrected chi connectivity index (χ3v) is 4.21. The molecule has 0 unspecified atom stereocenters. The third-order valence-electron chi connectivity index (χ3n) is 4.21. The van der Waals surface area contributed by atoms with Gasteiger partial charge in [0.1, 0.15) is 0 Å². The second-order valence-electron chi connectivity index (χ2n) is 5.47. The molecule has 0 aromatic rings. The fourth-order valence-corrected chi connectivity index (χ4v) is 2.81. The lowest BCUT2D eigenvalue weighted by atomic mass is 9.99. The fraction of sp³-hybridized carbons (Fsp3) is 1.00. The lowest BCUT2D eigenvalue weighted by molar-refractivity contribution is 0.0955. The molecule has 3 nitrogen and oxygen atoms in total. The summed E-state index contributed by atoms with van der Waals surface area (Å²) >= 11 is 0. The van der Waals surface area contributed by atoms with Crippen LogP contribution in [0.5, 0.6) is 0 Å². The molecule has 0 saturated heterocycles. The molecule has 1 saturated carbocycles. The van der Waals surface area contributed by atoms with Crippen LogP contribution in [0.4, 0.5) is 0 Å². The molecule has 0 aromatic heterocycles. The Hall–Kier alpha value is -0.120. The minimum atomic E-state index is 0.547. The Morgan fingerprint density at radius 3 is 2.35 bits per heavy atom. The van der Waals surface area contributed by atoms with E-state index < -0.39 is 0 Å². The topological polar surface area (TPSA) is 38.5 Å². The van der Waals surface area contributed by atoms with Crippen LogP contribution in [0.1, 0.15) is 46.0 Å². The van der Waals surface area contributed by atoms with Gasteiger partial charge in [-0.05, 0) is 44.1 Å². The van der Waals surface area contributed by atoms with Crippen LogP contribution in [0.2, 0.25) is 0 Å². The Kier molecular flexibility index (Phi) is 6.45. The molecule has 0 aromatic carbocycles. The van der Waals surface area contributed by atoms with Crippen molar-refractivity contribution in [3.05, 3.63) is 0 Å². The van der Waals surface area contributed by atoms with Gasteiger partial charge in [-0.2, -0.15) is 0 Å². The Morgan fingerprint density at radius 1 is 1.29 bits per heavy atom. The van der Waals surface area contributed by atoms with Crippen LogP contribution in [0.15, 0.2) is 0 Å². The quantitative estimate of drug-likeness (QED) is 0.638. The van der Waals surface area contributed by atoms with Gasteiger partial charge in [-0.15, -0.1) is 0 Å². The highest BCUT2D eigenvalue weighted by Gasteiger charge is 2.43. The first-order valence-corrected chi connectivity index (χ1v) is 7.14. The van der Waals surface area contributed by atoms with Crippen LogP contribution < -0.4 is 5.73 Å². The second-order valence-corrected chi connectivity index (χ2v) is 5.47. The van der Waals surface area contributed by atoms with Crippen molar-refractivity contribution in [3.63, 3.8) is 0 Å². The van der Waals surface area contributed by atoms with Crippen molar-refractivity contribution in [2.75, 3.05) is 33.4 Å². The van der Waals surface area contributed by atoms with E-state index in [1.165, 1.54) is 38.6 Å². The van der Waals surface area contributed by atoms with Gasteiger partial charge in [0.2, 0.25) is 0 Å². The van der Waals surface area contributed by atoms with Crippen molar-refractivity contribution < 1.29 is 4.74 Å². The van der Waals surface area contributed by atoms with E-state index >= 15 is 0 Å². The zero-order valence-electron chi connectivity index (χ0n) is 11.9. The number of nitrogens with two attached hydrogens (primary N) is 1. The normalized spacial score (nSPS) is 18.0. The van der Waals surface area contributed by atoms with E-state index in [1.54, 1.807) is 7.11 Å². The maximum Gasteiger partial charge on any atom is 0.0589 e. The highest BCUT2D eigenvalue weighted by molar-refractivity contribution is 4.96. The van der Waals surface area contributed by atoms with Gasteiger partial charge in [0.05, 0.1) is 6.61 Å². The van der Waals surface area contributed by atoms with Gasteiger partial charge in [-0.25, -0.2) is 0 Å². The van der Waals surface area contributed by atoms with E-state index in [-0.39, 0.29) is 0 Å². The molecule has 3 heteroatoms. The molecular weight excluding hydrogens is 212 g/mol. The van der Waals surface area contributed by atoms with Crippen molar-refractivity contribution in [1.29, 1.82) is 0 Å². The van der Waals surface area contributed by atoms with E-state index in [0.717, 1.165) is 19.7 Å². The first-order chi connectivity index (χ1) is 8.21. The summed E-state index contributed by atoms with van der Waals surface area (Å²) in [6, 6.07) is 0.709. The smallest absolute Gasteiger partial charge is 0.0589 e. The maximum absolute atomic E-state index is 5.73. The van der Waals surface area contributed by atoms with E-state index in [4.69, 9.17) is 10.5 Å². The molecule has 1 rings (SSSR count). The Balaban J connectivity index is 2.50. The zero-order chi connectivity index (χ0) is 12.7. The molecule has 1 fully saturated rings. The molecule has 1 aliphatic rings. The predicted octanol–water partition coefficient (Wildman–Crippen LogP) is 2.25. The number of methoxy groups -OCH3 is 1. The van der Waals surface area contributed by atoms with E-state index in [0.29, 0.717) is 11.5 Å². The summed E-state index contributed by atoms with van der Waals surface area (Å²) in [5.41, 5.74) is 6.28. The Labute approximate surface area is 107 Å². The van der Waals surface area contributed by atoms with E-state index in [1.807, 2.05) is 0 Å². The third kappa shape index (κ3) is 4.57. The molecular formula is C14H30N2O. The molecule has 0 aliphatic heterocycles. The van der Waals surface area contributed by atoms with E-state index in [9.17, 15) is 0 Å². The first-order valence-electron chi connectivity index (χ1n) is 7.14. The van der Waals surface area contributed by atoms with Crippen molar-refractivity contribution in [2.45, 2.75) is 52.0 Å². The van der Waals surface area contributed by atoms with Crippen molar-refractivity contribution >= 4 is 0 Å². The van der Waals surface area contributed by atoms with Crippen LogP contribution in [0.3, 0.4) is 0 Å². The minimum Gasteiger partial charge on any atom is -0.383 e. The fourth-order valence-electron chi connectivity index (χ4n) is 2.81. The summed E-state index contributed by atoms with van der Waals surface area (Å²) in [7, 11) is 1.79. The van der Waals surface area contributed by atoms with Crippen LogP contribution in [0.25, 0.3) is 0 Å². The molecule has 102 valence electrons. The average molecular weight is 242 g/mol. The maximum atomic E-state index is 5.73. The van der Waals surface area contributed by atoms with Gasteiger partial charge in [-0.1, -0.05) is 13.8 Å². The largest absolute Gasteiger partial charge is 0.383 e. The summed E-state index contributed by atoms with van der Waals surface area (Å²) in [5, 5.41) is 0. The minimum absolute atomic E-state index is 0.547. The first kappa shape index (κ1) is 14.9. The number of nitrogens with zero attached hydrogens (tertiary/aromatic N) is 1. The van der Waals surface area contributed by atoms with Crippen molar-refractivity contribution in [1.82, 2.24) is 4.90 Å². The lowest BCUT2D eigenvalue weighted by Gasteiger charge is -2.33.